The van der Waals surface area contributed by atoms with Crippen molar-refractivity contribution < 1.29 is 27.5 Å². The smallest absolute Gasteiger partial charge is 0.331 e. The van der Waals surface area contributed by atoms with Crippen LogP contribution < -0.4 is 5.73 Å². The van der Waals surface area contributed by atoms with Gasteiger partial charge in [-0.1, -0.05) is 13.8 Å². The highest BCUT2D eigenvalue weighted by atomic mass is 31.2. The van der Waals surface area contributed by atoms with Crippen LogP contribution in [0.4, 0.5) is 4.39 Å². The molecule has 2 N–H and O–H groups in total. The Morgan fingerprint density at radius 3 is 2.93 bits per heavy atom. The van der Waals surface area contributed by atoms with Crippen molar-refractivity contribution in [2.24, 2.45) is 26.6 Å². The number of halogens is 1. The minimum Gasteiger partial charge on any atom is -0.477 e. The van der Waals surface area contributed by atoms with Gasteiger partial charge in [0.25, 0.3) is 0 Å². The molecule has 0 aromatic rings. The zero-order chi connectivity index (χ0) is 21.0. The Bertz CT molecular complexity index is 816. The second-order valence-electron chi connectivity index (χ2n) is 8.10. The predicted molar refractivity (Wildman–Crippen MR) is 105 cm³/mol. The highest BCUT2D eigenvalue weighted by molar-refractivity contribution is 7.53. The fourth-order valence-electron chi connectivity index (χ4n) is 4.06. The van der Waals surface area contributed by atoms with Gasteiger partial charge >= 0.3 is 7.60 Å². The van der Waals surface area contributed by atoms with Crippen LogP contribution >= 0.6 is 7.60 Å². The maximum absolute atomic E-state index is 16.0. The van der Waals surface area contributed by atoms with Crippen LogP contribution in [0.5, 0.6) is 0 Å². The van der Waals surface area contributed by atoms with Crippen molar-refractivity contribution in [3.05, 3.63) is 0 Å². The van der Waals surface area contributed by atoms with Crippen molar-refractivity contribution in [2.75, 3.05) is 26.0 Å². The first-order chi connectivity index (χ1) is 13.6. The fraction of sp³-hybridized carbons (Fsp3) is 0.824. The van der Waals surface area contributed by atoms with Gasteiger partial charge in [-0.25, -0.2) is 14.3 Å². The van der Waals surface area contributed by atoms with E-state index in [1.807, 2.05) is 20.8 Å². The van der Waals surface area contributed by atoms with E-state index in [1.165, 1.54) is 6.92 Å². The molecule has 0 aliphatic carbocycles. The molecule has 4 rings (SSSR count). The van der Waals surface area contributed by atoms with Crippen LogP contribution in [-0.4, -0.2) is 78.8 Å². The highest BCUT2D eigenvalue weighted by Crippen LogP contribution is 2.58. The summed E-state index contributed by atoms with van der Waals surface area (Å²) in [5.74, 6) is 0.400. The largest absolute Gasteiger partial charge is 0.477 e. The molecule has 4 heterocycles. The molecule has 0 radical (unpaired) electrons. The van der Waals surface area contributed by atoms with Gasteiger partial charge in [-0.05, 0) is 19.8 Å². The molecule has 1 unspecified atom stereocenters. The van der Waals surface area contributed by atoms with E-state index in [0.29, 0.717) is 12.3 Å². The topological polar surface area (TPSA) is 120 Å². The third-order valence-corrected chi connectivity index (χ3v) is 7.48. The van der Waals surface area contributed by atoms with E-state index in [9.17, 15) is 4.57 Å². The molecule has 2 fully saturated rings. The number of nitrogens with two attached hydrogens (primary N) is 1. The molecular weight excluding hydrogens is 404 g/mol. The second-order valence-corrected chi connectivity index (χ2v) is 10.2. The van der Waals surface area contributed by atoms with Crippen molar-refractivity contribution in [3.63, 3.8) is 0 Å². The van der Waals surface area contributed by atoms with Crippen molar-refractivity contribution in [1.29, 1.82) is 0 Å². The molecule has 0 saturated carbocycles. The molecule has 6 atom stereocenters. The van der Waals surface area contributed by atoms with E-state index in [4.69, 9.17) is 24.3 Å². The minimum absolute atomic E-state index is 0.00789. The first kappa shape index (κ1) is 20.9. The molecule has 29 heavy (non-hydrogen) atoms. The van der Waals surface area contributed by atoms with E-state index in [0.717, 1.165) is 0 Å². The summed E-state index contributed by atoms with van der Waals surface area (Å²) in [4.78, 5) is 14.4. The number of nitrogens with zero attached hydrogens (tertiary/aromatic N) is 4. The van der Waals surface area contributed by atoms with Crippen LogP contribution in [0, 0.1) is 5.92 Å². The molecule has 10 nitrogen and oxygen atoms in total. The standard InChI is InChI=1S/C17H27FN5O5P/c1-5-25-14-11-13(21-16(19)22-14)23(8-20-11)15-17(4,18)12-10(27-15)6-26-29(24,28-12)7-9(2)3/h9-10,12-13,15H,5-8H2,1-4H3,(H2,19,21)/t10-,12-,13?,15-,17-,29+/m1/s1. The lowest BCUT2D eigenvalue weighted by atomic mass is 9.97. The summed E-state index contributed by atoms with van der Waals surface area (Å²) in [6, 6.07) is 0. The Labute approximate surface area is 168 Å². The van der Waals surface area contributed by atoms with Crippen LogP contribution in [0.25, 0.3) is 0 Å². The number of alkyl halides is 1. The van der Waals surface area contributed by atoms with Crippen molar-refractivity contribution in [2.45, 2.75) is 58.0 Å². The third-order valence-electron chi connectivity index (χ3n) is 5.21. The highest BCUT2D eigenvalue weighted by Gasteiger charge is 2.63. The molecule has 162 valence electrons. The molecule has 2 saturated heterocycles. The van der Waals surface area contributed by atoms with Gasteiger partial charge in [-0.3, -0.25) is 14.1 Å². The Kier molecular flexibility index (Phi) is 5.31. The molecular formula is C17H27FN5O5P. The number of rotatable bonds is 4. The first-order valence-electron chi connectivity index (χ1n) is 9.76. The predicted octanol–water partition coefficient (Wildman–Crippen LogP) is 1.51. The van der Waals surface area contributed by atoms with E-state index in [-0.39, 0.29) is 37.2 Å². The fourth-order valence-corrected chi connectivity index (χ4v) is 6.26. The number of hydrogen-bond acceptors (Lipinski definition) is 10. The van der Waals surface area contributed by atoms with Crippen LogP contribution in [-0.2, 0) is 23.1 Å². The maximum atomic E-state index is 16.0. The van der Waals surface area contributed by atoms with Crippen LogP contribution in [0.15, 0.2) is 15.0 Å². The molecule has 0 bridgehead atoms. The zero-order valence-electron chi connectivity index (χ0n) is 16.9. The number of hydrogen-bond donors (Lipinski definition) is 1. The summed E-state index contributed by atoms with van der Waals surface area (Å²) in [5.41, 5.74) is 4.35. The van der Waals surface area contributed by atoms with Crippen molar-refractivity contribution in [1.82, 2.24) is 4.90 Å². The maximum Gasteiger partial charge on any atom is 0.331 e. The molecule has 0 aromatic carbocycles. The number of aliphatic imine (C=N–C) groups is 3. The Hall–Kier alpha value is -1.39. The van der Waals surface area contributed by atoms with E-state index in [1.54, 1.807) is 4.90 Å². The molecule has 0 amide bonds. The van der Waals surface area contributed by atoms with Gasteiger partial charge in [-0.15, -0.1) is 0 Å². The Morgan fingerprint density at radius 1 is 1.48 bits per heavy atom. The first-order valence-corrected chi connectivity index (χ1v) is 11.5. The minimum atomic E-state index is -3.39. The quantitative estimate of drug-likeness (QED) is 0.670. The lowest BCUT2D eigenvalue weighted by Crippen LogP contribution is -2.55. The normalized spacial score (nSPS) is 42.2. The monoisotopic (exact) mass is 431 g/mol. The summed E-state index contributed by atoms with van der Waals surface area (Å²) in [7, 11) is -3.39. The Balaban J connectivity index is 1.56. The summed E-state index contributed by atoms with van der Waals surface area (Å²) in [5, 5.41) is 0. The van der Waals surface area contributed by atoms with Gasteiger partial charge in [0, 0.05) is 0 Å². The lowest BCUT2D eigenvalue weighted by molar-refractivity contribution is -0.106. The summed E-state index contributed by atoms with van der Waals surface area (Å²) in [6.07, 6.45) is -3.17. The summed E-state index contributed by atoms with van der Waals surface area (Å²) < 4.78 is 51.5. The van der Waals surface area contributed by atoms with E-state index >= 15 is 4.39 Å². The van der Waals surface area contributed by atoms with Crippen LogP contribution in [0.1, 0.15) is 27.7 Å². The molecule has 0 spiro atoms. The molecule has 12 heteroatoms. The number of fused-ring (bicyclic) bond motifs is 2. The average molecular weight is 431 g/mol. The van der Waals surface area contributed by atoms with Gasteiger partial charge in [0.1, 0.15) is 17.9 Å². The number of guanidine groups is 1. The lowest BCUT2D eigenvalue weighted by Gasteiger charge is -2.36. The van der Waals surface area contributed by atoms with Gasteiger partial charge in [0.15, 0.2) is 18.1 Å². The van der Waals surface area contributed by atoms with Gasteiger partial charge in [0.2, 0.25) is 11.9 Å². The summed E-state index contributed by atoms with van der Waals surface area (Å²) in [6.45, 7) is 7.56. The van der Waals surface area contributed by atoms with Crippen molar-refractivity contribution in [3.8, 4) is 0 Å². The van der Waals surface area contributed by atoms with Gasteiger partial charge in [-0.2, -0.15) is 4.99 Å². The van der Waals surface area contributed by atoms with E-state index in [2.05, 4.69) is 15.0 Å². The van der Waals surface area contributed by atoms with E-state index < -0.39 is 37.9 Å². The third kappa shape index (κ3) is 3.63. The van der Waals surface area contributed by atoms with Crippen LogP contribution in [0.3, 0.4) is 0 Å². The van der Waals surface area contributed by atoms with Gasteiger partial charge < -0.3 is 19.7 Å². The Morgan fingerprint density at radius 2 is 2.24 bits per heavy atom. The van der Waals surface area contributed by atoms with Crippen molar-refractivity contribution >= 4 is 25.2 Å². The zero-order valence-corrected chi connectivity index (χ0v) is 17.8. The number of ether oxygens (including phenoxy) is 2. The molecule has 4 aliphatic heterocycles. The molecule has 0 aromatic heterocycles. The molecule has 4 aliphatic rings. The SMILES string of the molecule is CCOC1=NC(N)=NC2C1=NCN2[C@@H]1O[C@@H]2CO[P@@](=O)(CC(C)C)O[C@H]2[C@@]1(C)F. The van der Waals surface area contributed by atoms with Gasteiger partial charge in [0.05, 0.1) is 26.0 Å². The average Bonchev–Trinajstić information content (AvgIpc) is 3.13. The summed E-state index contributed by atoms with van der Waals surface area (Å²) >= 11 is 0. The second kappa shape index (κ2) is 7.39. The van der Waals surface area contributed by atoms with Crippen LogP contribution in [0.2, 0.25) is 0 Å².